The van der Waals surface area contributed by atoms with Crippen LogP contribution in [0.2, 0.25) is 0 Å². The van der Waals surface area contributed by atoms with Crippen LogP contribution in [-0.4, -0.2) is 42.5 Å². The number of carbonyl (C=O) groups excluding carboxylic acids is 2. The molecule has 1 aliphatic carbocycles. The molecule has 2 amide bonds. The molecule has 6 rings (SSSR count). The number of aliphatic hydroxyl groups excluding tert-OH is 1. The number of carbonyl (C=O) groups is 2. The Morgan fingerprint density at radius 3 is 2.40 bits per heavy atom. The summed E-state index contributed by atoms with van der Waals surface area (Å²) in [6.07, 6.45) is -3.74. The highest BCUT2D eigenvalue weighted by molar-refractivity contribution is 6.16. The number of methoxy groups -OCH3 is 1. The lowest BCUT2D eigenvalue weighted by Gasteiger charge is -2.16. The van der Waals surface area contributed by atoms with Crippen LogP contribution in [0.4, 0.5) is 28.9 Å². The molecule has 0 bridgehead atoms. The summed E-state index contributed by atoms with van der Waals surface area (Å²) in [6.45, 7) is 0.0478. The highest BCUT2D eigenvalue weighted by Crippen LogP contribution is 2.40. The summed E-state index contributed by atoms with van der Waals surface area (Å²) in [4.78, 5) is 32.8. The van der Waals surface area contributed by atoms with Crippen molar-refractivity contribution in [3.63, 3.8) is 0 Å². The van der Waals surface area contributed by atoms with Crippen molar-refractivity contribution in [1.29, 1.82) is 0 Å². The van der Waals surface area contributed by atoms with Crippen molar-refractivity contribution in [2.75, 3.05) is 24.4 Å². The highest BCUT2D eigenvalue weighted by atomic mass is 19.4. The van der Waals surface area contributed by atoms with Crippen LogP contribution in [0, 0.1) is 17.7 Å². The summed E-state index contributed by atoms with van der Waals surface area (Å²) in [5, 5.41) is 20.3. The molecule has 1 fully saturated rings. The minimum atomic E-state index is -4.96. The number of benzene rings is 4. The highest BCUT2D eigenvalue weighted by Gasteiger charge is 2.43. The molecule has 45 heavy (non-hydrogen) atoms. The fourth-order valence-corrected chi connectivity index (χ4v) is 5.90. The van der Waals surface area contributed by atoms with Gasteiger partial charge in [-0.25, -0.2) is 4.39 Å². The van der Waals surface area contributed by atoms with E-state index in [1.54, 1.807) is 48.5 Å². The lowest BCUT2D eigenvalue weighted by atomic mass is 9.92. The second-order valence-electron chi connectivity index (χ2n) is 11.0. The summed E-state index contributed by atoms with van der Waals surface area (Å²) in [7, 11) is 1.41. The van der Waals surface area contributed by atoms with Gasteiger partial charge < -0.3 is 25.3 Å². The molecule has 3 unspecified atom stereocenters. The quantitative estimate of drug-likeness (QED) is 0.201. The smallest absolute Gasteiger partial charge is 0.419 e. The number of halogens is 4. The minimum absolute atomic E-state index is 0.0348. The Morgan fingerprint density at radius 2 is 1.69 bits per heavy atom. The van der Waals surface area contributed by atoms with E-state index in [0.717, 1.165) is 6.07 Å². The Balaban J connectivity index is 1.32. The molecule has 0 aromatic heterocycles. The van der Waals surface area contributed by atoms with Gasteiger partial charge in [-0.05, 0) is 78.1 Å². The maximum absolute atomic E-state index is 13.8. The molecule has 3 N–H and O–H groups in total. The maximum Gasteiger partial charge on any atom is 0.419 e. The Bertz CT molecular complexity index is 1840. The van der Waals surface area contributed by atoms with Gasteiger partial charge in [0.25, 0.3) is 11.8 Å². The fraction of sp³-hybridized carbons (Fsp3) is 0.242. The fourth-order valence-electron chi connectivity index (χ4n) is 5.90. The average molecular weight is 622 g/mol. The summed E-state index contributed by atoms with van der Waals surface area (Å²) < 4.78 is 59.1. The molecule has 8 nitrogen and oxygen atoms in total. The van der Waals surface area contributed by atoms with Crippen molar-refractivity contribution in [1.82, 2.24) is 0 Å². The van der Waals surface area contributed by atoms with Crippen molar-refractivity contribution in [2.45, 2.75) is 25.1 Å². The molecule has 1 heterocycles. The van der Waals surface area contributed by atoms with Crippen molar-refractivity contribution in [3.8, 4) is 5.75 Å². The second kappa shape index (κ2) is 11.8. The number of anilines is 2. The van der Waals surface area contributed by atoms with E-state index in [4.69, 9.17) is 9.57 Å². The Hall–Kier alpha value is -4.97. The van der Waals surface area contributed by atoms with Gasteiger partial charge in [0.15, 0.2) is 0 Å². The SMILES string of the molecule is COc1ccc(C2=NOC3CC(CO)CC23)cc1C(=O)Nc1cc2ccccc2cc1C(=O)Nc1ccc(F)c(C(F)(F)F)c1. The molecule has 2 aliphatic rings. The van der Waals surface area contributed by atoms with Crippen LogP contribution in [0.25, 0.3) is 10.8 Å². The van der Waals surface area contributed by atoms with Gasteiger partial charge >= 0.3 is 6.18 Å². The van der Waals surface area contributed by atoms with E-state index in [1.807, 2.05) is 0 Å². The van der Waals surface area contributed by atoms with Crippen LogP contribution in [0.3, 0.4) is 0 Å². The lowest BCUT2D eigenvalue weighted by molar-refractivity contribution is -0.139. The summed E-state index contributed by atoms with van der Waals surface area (Å²) in [5.74, 6) is -2.59. The third kappa shape index (κ3) is 5.93. The first-order valence-electron chi connectivity index (χ1n) is 14.1. The third-order valence-electron chi connectivity index (χ3n) is 8.15. The van der Waals surface area contributed by atoms with Gasteiger partial charge in [-0.15, -0.1) is 0 Å². The van der Waals surface area contributed by atoms with Gasteiger partial charge in [0.2, 0.25) is 0 Å². The third-order valence-corrected chi connectivity index (χ3v) is 8.15. The predicted octanol–water partition coefficient (Wildman–Crippen LogP) is 6.63. The number of amides is 2. The van der Waals surface area contributed by atoms with Gasteiger partial charge in [0, 0.05) is 23.8 Å². The van der Waals surface area contributed by atoms with E-state index in [0.29, 0.717) is 47.0 Å². The normalized spacial score (nSPS) is 19.1. The number of hydrogen-bond donors (Lipinski definition) is 3. The first-order chi connectivity index (χ1) is 21.5. The Labute approximate surface area is 254 Å². The number of ether oxygens (including phenoxy) is 1. The van der Waals surface area contributed by atoms with Crippen LogP contribution in [0.15, 0.2) is 78.0 Å². The Morgan fingerprint density at radius 1 is 0.956 bits per heavy atom. The van der Waals surface area contributed by atoms with Crippen molar-refractivity contribution >= 4 is 39.7 Å². The molecule has 0 saturated heterocycles. The maximum atomic E-state index is 13.8. The predicted molar refractivity (Wildman–Crippen MR) is 159 cm³/mol. The molecule has 3 atom stereocenters. The number of aliphatic hydroxyl groups is 1. The number of nitrogens with zero attached hydrogens (tertiary/aromatic N) is 1. The standard InChI is InChI=1S/C33H27F4N3O5/c1-44-28-9-6-20(30-23-10-17(16-41)11-29(23)45-40-30)13-24(28)32(43)39-27-14-19-5-3-2-4-18(19)12-22(27)31(42)38-21-7-8-26(34)25(15-21)33(35,36)37/h2-9,12-15,17,23,29,41H,10-11,16H2,1H3,(H,38,42)(H,39,43). The zero-order valence-corrected chi connectivity index (χ0v) is 23.8. The van der Waals surface area contributed by atoms with Gasteiger partial charge in [-0.3, -0.25) is 9.59 Å². The molecular formula is C33H27F4N3O5. The van der Waals surface area contributed by atoms with E-state index >= 15 is 0 Å². The van der Waals surface area contributed by atoms with Crippen molar-refractivity contribution < 1.29 is 41.8 Å². The van der Waals surface area contributed by atoms with Crippen molar-refractivity contribution in [2.24, 2.45) is 17.0 Å². The molecule has 0 radical (unpaired) electrons. The van der Waals surface area contributed by atoms with Gasteiger partial charge in [-0.1, -0.05) is 29.4 Å². The molecule has 232 valence electrons. The topological polar surface area (TPSA) is 109 Å². The molecule has 1 aliphatic heterocycles. The van der Waals surface area contributed by atoms with Crippen LogP contribution in [0.5, 0.6) is 5.75 Å². The first kappa shape index (κ1) is 30.1. The van der Waals surface area contributed by atoms with Gasteiger partial charge in [0.1, 0.15) is 17.7 Å². The van der Waals surface area contributed by atoms with Crippen LogP contribution < -0.4 is 15.4 Å². The largest absolute Gasteiger partial charge is 0.496 e. The zero-order valence-electron chi connectivity index (χ0n) is 23.8. The molecule has 1 saturated carbocycles. The average Bonchev–Trinajstić information content (AvgIpc) is 3.61. The lowest BCUT2D eigenvalue weighted by Crippen LogP contribution is -2.21. The monoisotopic (exact) mass is 621 g/mol. The van der Waals surface area contributed by atoms with E-state index in [1.165, 1.54) is 13.2 Å². The number of rotatable bonds is 7. The summed E-state index contributed by atoms with van der Waals surface area (Å²) in [5.41, 5.74) is -0.298. The number of hydrogen-bond acceptors (Lipinski definition) is 6. The van der Waals surface area contributed by atoms with Crippen molar-refractivity contribution in [3.05, 3.63) is 101 Å². The van der Waals surface area contributed by atoms with Crippen LogP contribution >= 0.6 is 0 Å². The second-order valence-corrected chi connectivity index (χ2v) is 11.0. The summed E-state index contributed by atoms with van der Waals surface area (Å²) in [6, 6.07) is 17.3. The molecule has 0 spiro atoms. The number of nitrogens with one attached hydrogen (secondary N) is 2. The molecular weight excluding hydrogens is 594 g/mol. The molecule has 12 heteroatoms. The van der Waals surface area contributed by atoms with Gasteiger partial charge in [0.05, 0.1) is 35.2 Å². The minimum Gasteiger partial charge on any atom is -0.496 e. The number of oxime groups is 1. The molecule has 4 aromatic rings. The van der Waals surface area contributed by atoms with E-state index in [9.17, 15) is 32.3 Å². The Kier molecular flexibility index (Phi) is 7.92. The summed E-state index contributed by atoms with van der Waals surface area (Å²) >= 11 is 0. The number of fused-ring (bicyclic) bond motifs is 2. The van der Waals surface area contributed by atoms with Gasteiger partial charge in [-0.2, -0.15) is 13.2 Å². The van der Waals surface area contributed by atoms with Crippen LogP contribution in [0.1, 0.15) is 44.7 Å². The van der Waals surface area contributed by atoms with E-state index in [2.05, 4.69) is 15.8 Å². The molecule has 4 aromatic carbocycles. The van der Waals surface area contributed by atoms with E-state index < -0.39 is 29.4 Å². The van der Waals surface area contributed by atoms with Crippen LogP contribution in [-0.2, 0) is 11.0 Å². The van der Waals surface area contributed by atoms with E-state index in [-0.39, 0.29) is 52.8 Å². The zero-order chi connectivity index (χ0) is 31.9. The first-order valence-corrected chi connectivity index (χ1v) is 14.1. The number of alkyl halides is 3.